The number of carbonyl (C=O) groups is 3. The van der Waals surface area contributed by atoms with Gasteiger partial charge in [0.1, 0.15) is 11.6 Å². The van der Waals surface area contributed by atoms with E-state index < -0.39 is 17.7 Å². The molecule has 2 aromatic carbocycles. The summed E-state index contributed by atoms with van der Waals surface area (Å²) in [5.41, 5.74) is -0.148. The zero-order valence-electron chi connectivity index (χ0n) is 26.8. The van der Waals surface area contributed by atoms with Crippen LogP contribution in [0.3, 0.4) is 0 Å². The summed E-state index contributed by atoms with van der Waals surface area (Å²) in [7, 11) is 0. The van der Waals surface area contributed by atoms with Crippen molar-refractivity contribution in [2.75, 3.05) is 26.2 Å². The van der Waals surface area contributed by atoms with Crippen LogP contribution >= 0.6 is 11.3 Å². The number of nitrogens with zero attached hydrogens (tertiary/aromatic N) is 1. The number of fused-ring (bicyclic) bond motifs is 1. The maximum Gasteiger partial charge on any atom is 0.414 e. The standard InChI is InChI=1S/C37H48N4O4S/c42-34(38-25-28-17-21-41(22-18-28)26-29-13-5-2-6-14-29)31(23-27-11-3-1-4-12-27)39-35(43)37(19-9-10-20-37)40-36(44)45-33-24-30-15-7-8-16-32(30)46-33/h1,3-4,7-8,11-12,15-16,24,28-29,31H,2,5-6,9-10,13-14,17-23,25-26H2,(H,38,42)(H,39,43)(H,40,44)/t31-/m1/s1. The van der Waals surface area contributed by atoms with Crippen LogP contribution in [0.1, 0.15) is 76.2 Å². The molecule has 0 bridgehead atoms. The Balaban J connectivity index is 1.05. The molecule has 2 aliphatic carbocycles. The number of hydrogen-bond donors (Lipinski definition) is 3. The highest BCUT2D eigenvalue weighted by Crippen LogP contribution is 2.33. The van der Waals surface area contributed by atoms with Crippen LogP contribution in [0.15, 0.2) is 60.7 Å². The maximum atomic E-state index is 13.9. The molecule has 3 amide bonds. The van der Waals surface area contributed by atoms with Gasteiger partial charge in [0, 0.05) is 30.3 Å². The molecule has 246 valence electrons. The van der Waals surface area contributed by atoms with E-state index in [2.05, 4.69) is 20.9 Å². The van der Waals surface area contributed by atoms with Crippen molar-refractivity contribution in [2.45, 2.75) is 88.6 Å². The number of amides is 3. The molecule has 0 unspecified atom stereocenters. The quantitative estimate of drug-likeness (QED) is 0.223. The Hall–Kier alpha value is -3.43. The number of ether oxygens (including phenoxy) is 1. The normalized spacial score (nSPS) is 19.8. The second-order valence-electron chi connectivity index (χ2n) is 13.6. The summed E-state index contributed by atoms with van der Waals surface area (Å²) >= 11 is 1.39. The third kappa shape index (κ3) is 8.48. The van der Waals surface area contributed by atoms with Gasteiger partial charge in [-0.2, -0.15) is 0 Å². The van der Waals surface area contributed by atoms with Crippen LogP contribution in [-0.2, 0) is 16.0 Å². The van der Waals surface area contributed by atoms with Crippen molar-refractivity contribution < 1.29 is 19.1 Å². The molecule has 1 aromatic heterocycles. The fourth-order valence-electron chi connectivity index (χ4n) is 7.54. The Kier molecular flexibility index (Phi) is 10.9. The van der Waals surface area contributed by atoms with Gasteiger partial charge in [-0.1, -0.05) is 92.0 Å². The van der Waals surface area contributed by atoms with E-state index in [1.165, 1.54) is 50.0 Å². The van der Waals surface area contributed by atoms with Crippen LogP contribution in [0, 0.1) is 11.8 Å². The molecule has 3 fully saturated rings. The predicted octanol–water partition coefficient (Wildman–Crippen LogP) is 6.44. The molecule has 3 aliphatic rings. The predicted molar refractivity (Wildman–Crippen MR) is 183 cm³/mol. The van der Waals surface area contributed by atoms with Crippen molar-refractivity contribution in [1.82, 2.24) is 20.9 Å². The zero-order valence-corrected chi connectivity index (χ0v) is 27.6. The van der Waals surface area contributed by atoms with Gasteiger partial charge in [-0.3, -0.25) is 9.59 Å². The van der Waals surface area contributed by atoms with E-state index in [1.54, 1.807) is 0 Å². The summed E-state index contributed by atoms with van der Waals surface area (Å²) in [6, 6.07) is 18.7. The molecule has 1 aliphatic heterocycles. The number of thiophene rings is 1. The van der Waals surface area contributed by atoms with E-state index in [9.17, 15) is 14.4 Å². The van der Waals surface area contributed by atoms with Crippen LogP contribution in [0.25, 0.3) is 10.1 Å². The topological polar surface area (TPSA) is 99.8 Å². The number of likely N-dealkylation sites (tertiary alicyclic amines) is 1. The van der Waals surface area contributed by atoms with Crippen molar-refractivity contribution in [2.24, 2.45) is 11.8 Å². The third-order valence-electron chi connectivity index (χ3n) is 10.2. The molecule has 0 spiro atoms. The van der Waals surface area contributed by atoms with Gasteiger partial charge in [0.25, 0.3) is 0 Å². The fraction of sp³-hybridized carbons (Fsp3) is 0.541. The van der Waals surface area contributed by atoms with Crippen LogP contribution in [-0.4, -0.2) is 60.6 Å². The zero-order chi connectivity index (χ0) is 31.8. The number of benzene rings is 2. The minimum absolute atomic E-state index is 0.178. The summed E-state index contributed by atoms with van der Waals surface area (Å²) in [6.07, 6.45) is 11.4. The minimum atomic E-state index is -1.12. The van der Waals surface area contributed by atoms with E-state index in [4.69, 9.17) is 4.74 Å². The third-order valence-corrected chi connectivity index (χ3v) is 11.2. The first-order valence-electron chi connectivity index (χ1n) is 17.3. The van der Waals surface area contributed by atoms with Gasteiger partial charge < -0.3 is 25.6 Å². The van der Waals surface area contributed by atoms with Crippen LogP contribution in [0.4, 0.5) is 4.79 Å². The Labute approximate surface area is 276 Å². The van der Waals surface area contributed by atoms with Gasteiger partial charge in [-0.15, -0.1) is 0 Å². The van der Waals surface area contributed by atoms with Gasteiger partial charge in [-0.05, 0) is 80.5 Å². The molecule has 1 atom stereocenters. The molecule has 0 radical (unpaired) electrons. The highest BCUT2D eigenvalue weighted by molar-refractivity contribution is 7.20. The Morgan fingerprint density at radius 3 is 2.33 bits per heavy atom. The van der Waals surface area contributed by atoms with E-state index in [-0.39, 0.29) is 11.8 Å². The highest BCUT2D eigenvalue weighted by Gasteiger charge is 2.44. The number of piperidine rings is 1. The van der Waals surface area contributed by atoms with Crippen molar-refractivity contribution in [3.05, 3.63) is 66.2 Å². The van der Waals surface area contributed by atoms with Gasteiger partial charge in [0.2, 0.25) is 11.8 Å². The summed E-state index contributed by atoms with van der Waals surface area (Å²) in [4.78, 5) is 43.3. The van der Waals surface area contributed by atoms with Gasteiger partial charge in [0.15, 0.2) is 5.06 Å². The number of carbonyl (C=O) groups excluding carboxylic acids is 3. The van der Waals surface area contributed by atoms with Crippen molar-refractivity contribution in [1.29, 1.82) is 0 Å². The number of hydrogen-bond acceptors (Lipinski definition) is 6. The first-order chi connectivity index (χ1) is 22.5. The SMILES string of the molecule is O=C(NC1(C(=O)N[C@H](Cc2ccccc2)C(=O)NCC2CCN(CC3CCCCC3)CC2)CCCC1)Oc1cc2ccccc2s1. The van der Waals surface area contributed by atoms with Crippen LogP contribution in [0.2, 0.25) is 0 Å². The Morgan fingerprint density at radius 2 is 1.59 bits per heavy atom. The molecule has 3 aromatic rings. The van der Waals surface area contributed by atoms with Gasteiger partial charge >= 0.3 is 6.09 Å². The first-order valence-corrected chi connectivity index (χ1v) is 18.1. The lowest BCUT2D eigenvalue weighted by Crippen LogP contribution is -2.61. The average Bonchev–Trinajstić information content (AvgIpc) is 3.72. The lowest BCUT2D eigenvalue weighted by Gasteiger charge is -2.35. The molecule has 46 heavy (non-hydrogen) atoms. The van der Waals surface area contributed by atoms with E-state index in [1.807, 2.05) is 60.7 Å². The summed E-state index contributed by atoms with van der Waals surface area (Å²) < 4.78 is 6.67. The molecular weight excluding hydrogens is 596 g/mol. The monoisotopic (exact) mass is 644 g/mol. The molecule has 2 heterocycles. The van der Waals surface area contributed by atoms with E-state index in [0.717, 1.165) is 60.3 Å². The number of nitrogens with one attached hydrogen (secondary N) is 3. The van der Waals surface area contributed by atoms with Crippen molar-refractivity contribution in [3.8, 4) is 5.06 Å². The second-order valence-corrected chi connectivity index (χ2v) is 14.7. The van der Waals surface area contributed by atoms with Crippen molar-refractivity contribution in [3.63, 3.8) is 0 Å². The first kappa shape index (κ1) is 32.5. The van der Waals surface area contributed by atoms with Crippen LogP contribution < -0.4 is 20.7 Å². The molecule has 8 nitrogen and oxygen atoms in total. The Bertz CT molecular complexity index is 1420. The minimum Gasteiger partial charge on any atom is -0.399 e. The summed E-state index contributed by atoms with van der Waals surface area (Å²) in [5.74, 6) is 0.780. The molecular formula is C37H48N4O4S. The van der Waals surface area contributed by atoms with Crippen LogP contribution in [0.5, 0.6) is 5.06 Å². The smallest absolute Gasteiger partial charge is 0.399 e. The molecule has 2 saturated carbocycles. The summed E-state index contributed by atoms with van der Waals surface area (Å²) in [5, 5.41) is 10.6. The van der Waals surface area contributed by atoms with E-state index >= 15 is 0 Å². The van der Waals surface area contributed by atoms with Gasteiger partial charge in [0.05, 0.1) is 0 Å². The largest absolute Gasteiger partial charge is 0.414 e. The number of rotatable bonds is 11. The average molecular weight is 645 g/mol. The second kappa shape index (κ2) is 15.4. The fourth-order valence-corrected chi connectivity index (χ4v) is 8.45. The molecule has 6 rings (SSSR count). The van der Waals surface area contributed by atoms with Gasteiger partial charge in [-0.25, -0.2) is 4.79 Å². The Morgan fingerprint density at radius 1 is 0.870 bits per heavy atom. The summed E-state index contributed by atoms with van der Waals surface area (Å²) in [6.45, 7) is 4.01. The van der Waals surface area contributed by atoms with Crippen molar-refractivity contribution >= 4 is 39.3 Å². The highest BCUT2D eigenvalue weighted by atomic mass is 32.1. The van der Waals surface area contributed by atoms with E-state index in [0.29, 0.717) is 36.8 Å². The molecule has 3 N–H and O–H groups in total. The maximum absolute atomic E-state index is 13.9. The lowest BCUT2D eigenvalue weighted by molar-refractivity contribution is -0.132. The molecule has 1 saturated heterocycles. The lowest BCUT2D eigenvalue weighted by atomic mass is 9.88. The molecule has 9 heteroatoms.